The molecule has 5 nitrogen and oxygen atoms in total. The van der Waals surface area contributed by atoms with Crippen molar-refractivity contribution < 1.29 is 19.1 Å². The Bertz CT molecular complexity index is 1370. The molecule has 5 rings (SSSR count). The molecule has 0 spiro atoms. The number of Topliss-reactive ketones (excluding diaryl/α,β-unsaturated/α-hetero) is 2. The highest BCUT2D eigenvalue weighted by Crippen LogP contribution is 2.54. The van der Waals surface area contributed by atoms with Gasteiger partial charge >= 0.3 is 0 Å². The standard InChI is InChI=1S/C34H39Br2NO4/c1-33(2)16-25-31(27(38)18-33)30(32-26(37(25)13-6-14-40-5)17-34(3,4)19-28(32)39)22-9-12-29(24(36)15-22)41-20-21-7-10-23(35)11-8-21/h7-12,15,30H,6,13-14,16-20H2,1-5H3. The van der Waals surface area contributed by atoms with Crippen molar-refractivity contribution in [2.75, 3.05) is 20.3 Å². The number of carbonyl (C=O) groups excluding carboxylic acids is 2. The predicted molar refractivity (Wildman–Crippen MR) is 169 cm³/mol. The number of benzene rings is 2. The molecule has 3 aliphatic rings. The zero-order valence-corrected chi connectivity index (χ0v) is 27.8. The summed E-state index contributed by atoms with van der Waals surface area (Å²) in [5.41, 5.74) is 5.50. The third kappa shape index (κ3) is 6.42. The van der Waals surface area contributed by atoms with Crippen molar-refractivity contribution in [2.45, 2.75) is 72.3 Å². The van der Waals surface area contributed by atoms with Gasteiger partial charge in [-0.1, -0.05) is 61.8 Å². The molecule has 1 heterocycles. The van der Waals surface area contributed by atoms with Gasteiger partial charge in [0, 0.05) is 66.0 Å². The maximum Gasteiger partial charge on any atom is 0.162 e. The fraction of sp³-hybridized carbons (Fsp3) is 0.471. The number of halogens is 2. The molecule has 2 aliphatic carbocycles. The average Bonchev–Trinajstić information content (AvgIpc) is 2.88. The van der Waals surface area contributed by atoms with Gasteiger partial charge in [-0.3, -0.25) is 9.59 Å². The molecule has 0 unspecified atom stereocenters. The molecule has 7 heteroatoms. The van der Waals surface area contributed by atoms with Crippen molar-refractivity contribution in [3.05, 3.63) is 85.1 Å². The molecule has 0 radical (unpaired) electrons. The van der Waals surface area contributed by atoms with Crippen molar-refractivity contribution in [1.29, 1.82) is 0 Å². The number of methoxy groups -OCH3 is 1. The minimum atomic E-state index is -0.373. The smallest absolute Gasteiger partial charge is 0.162 e. The van der Waals surface area contributed by atoms with Gasteiger partial charge in [-0.25, -0.2) is 0 Å². The Morgan fingerprint density at radius 3 is 1.98 bits per heavy atom. The topological polar surface area (TPSA) is 55.8 Å². The minimum Gasteiger partial charge on any atom is -0.488 e. The van der Waals surface area contributed by atoms with Gasteiger partial charge in [0.05, 0.1) is 4.47 Å². The van der Waals surface area contributed by atoms with Crippen molar-refractivity contribution in [2.24, 2.45) is 10.8 Å². The van der Waals surface area contributed by atoms with Crippen LogP contribution in [0.15, 0.2) is 74.0 Å². The summed E-state index contributed by atoms with van der Waals surface area (Å²) >= 11 is 7.21. The summed E-state index contributed by atoms with van der Waals surface area (Å²) in [6.07, 6.45) is 3.39. The molecule has 0 saturated carbocycles. The van der Waals surface area contributed by atoms with E-state index in [1.807, 2.05) is 42.5 Å². The van der Waals surface area contributed by atoms with E-state index in [0.29, 0.717) is 26.1 Å². The minimum absolute atomic E-state index is 0.141. The fourth-order valence-electron chi connectivity index (χ4n) is 6.57. The van der Waals surface area contributed by atoms with E-state index in [9.17, 15) is 9.59 Å². The lowest BCUT2D eigenvalue weighted by Crippen LogP contribution is -2.44. The normalized spacial score (nSPS) is 20.3. The van der Waals surface area contributed by atoms with E-state index in [4.69, 9.17) is 9.47 Å². The van der Waals surface area contributed by atoms with Gasteiger partial charge in [-0.05, 0) is 81.4 Å². The summed E-state index contributed by atoms with van der Waals surface area (Å²) in [4.78, 5) is 30.3. The first-order valence-electron chi connectivity index (χ1n) is 14.3. The van der Waals surface area contributed by atoms with Gasteiger partial charge in [-0.2, -0.15) is 0 Å². The Balaban J connectivity index is 1.58. The molecule has 0 N–H and O–H groups in total. The van der Waals surface area contributed by atoms with Gasteiger partial charge in [-0.15, -0.1) is 0 Å². The third-order valence-corrected chi connectivity index (χ3v) is 9.50. The maximum atomic E-state index is 14.0. The number of ketones is 2. The Labute approximate surface area is 260 Å². The zero-order valence-electron chi connectivity index (χ0n) is 24.6. The van der Waals surface area contributed by atoms with Gasteiger partial charge in [0.1, 0.15) is 12.4 Å². The van der Waals surface area contributed by atoms with Crippen LogP contribution in [-0.4, -0.2) is 36.7 Å². The fourth-order valence-corrected chi connectivity index (χ4v) is 7.35. The van der Waals surface area contributed by atoms with Crippen molar-refractivity contribution in [3.8, 4) is 5.75 Å². The van der Waals surface area contributed by atoms with Gasteiger partial charge in [0.25, 0.3) is 0 Å². The number of rotatable bonds is 8. The summed E-state index contributed by atoms with van der Waals surface area (Å²) in [5, 5.41) is 0. The molecule has 0 amide bonds. The maximum absolute atomic E-state index is 14.0. The lowest BCUT2D eigenvalue weighted by Gasteiger charge is -2.49. The van der Waals surface area contributed by atoms with Crippen LogP contribution in [-0.2, 0) is 20.9 Å². The van der Waals surface area contributed by atoms with Crippen molar-refractivity contribution in [3.63, 3.8) is 0 Å². The van der Waals surface area contributed by atoms with E-state index in [2.05, 4.69) is 64.5 Å². The van der Waals surface area contributed by atoms with E-state index in [1.54, 1.807) is 7.11 Å². The number of nitrogens with zero attached hydrogens (tertiary/aromatic N) is 1. The molecule has 1 aliphatic heterocycles. The summed E-state index contributed by atoms with van der Waals surface area (Å²) in [5.74, 6) is 0.648. The molecular formula is C34H39Br2NO4. The molecule has 41 heavy (non-hydrogen) atoms. The Morgan fingerprint density at radius 2 is 1.44 bits per heavy atom. The molecule has 0 atom stereocenters. The lowest BCUT2D eigenvalue weighted by atomic mass is 9.63. The monoisotopic (exact) mass is 683 g/mol. The van der Waals surface area contributed by atoms with Crippen LogP contribution >= 0.6 is 31.9 Å². The first-order chi connectivity index (χ1) is 19.4. The molecule has 2 aromatic rings. The van der Waals surface area contributed by atoms with E-state index in [0.717, 1.165) is 74.2 Å². The molecule has 2 aromatic carbocycles. The summed E-state index contributed by atoms with van der Waals surface area (Å²) in [6.45, 7) is 10.5. The van der Waals surface area contributed by atoms with Crippen molar-refractivity contribution >= 4 is 43.4 Å². The second-order valence-electron chi connectivity index (χ2n) is 13.1. The van der Waals surface area contributed by atoms with Gasteiger partial charge in [0.2, 0.25) is 0 Å². The number of hydrogen-bond donors (Lipinski definition) is 0. The number of hydrogen-bond acceptors (Lipinski definition) is 5. The van der Waals surface area contributed by atoms with Crippen LogP contribution in [0.25, 0.3) is 0 Å². The number of allylic oxidation sites excluding steroid dienone is 4. The largest absolute Gasteiger partial charge is 0.488 e. The molecule has 0 bridgehead atoms. The molecule has 0 aromatic heterocycles. The molecular weight excluding hydrogens is 646 g/mol. The van der Waals surface area contributed by atoms with Crippen LogP contribution in [0.2, 0.25) is 0 Å². The van der Waals surface area contributed by atoms with Gasteiger partial charge < -0.3 is 14.4 Å². The molecule has 0 fully saturated rings. The van der Waals surface area contributed by atoms with Crippen molar-refractivity contribution in [1.82, 2.24) is 4.90 Å². The first-order valence-corrected chi connectivity index (χ1v) is 15.9. The second-order valence-corrected chi connectivity index (χ2v) is 14.9. The quantitative estimate of drug-likeness (QED) is 0.261. The Kier molecular flexibility index (Phi) is 8.71. The van der Waals surface area contributed by atoms with Crippen LogP contribution < -0.4 is 4.74 Å². The van der Waals surface area contributed by atoms with E-state index < -0.39 is 0 Å². The van der Waals surface area contributed by atoms with Gasteiger partial charge in [0.15, 0.2) is 11.6 Å². The SMILES string of the molecule is COCCCN1C2=C(C(=O)CC(C)(C)C2)C(c2ccc(OCc3ccc(Br)cc3)c(Br)c2)C2=C1CC(C)(C)CC2=O. The van der Waals surface area contributed by atoms with E-state index >= 15 is 0 Å². The van der Waals surface area contributed by atoms with E-state index in [1.165, 1.54) is 0 Å². The predicted octanol–water partition coefficient (Wildman–Crippen LogP) is 8.51. The average molecular weight is 685 g/mol. The van der Waals surface area contributed by atoms with Crippen LogP contribution in [0.5, 0.6) is 5.75 Å². The lowest BCUT2D eigenvalue weighted by molar-refractivity contribution is -0.119. The second kappa shape index (κ2) is 11.8. The van der Waals surface area contributed by atoms with Crippen LogP contribution in [0.3, 0.4) is 0 Å². The summed E-state index contributed by atoms with van der Waals surface area (Å²) < 4.78 is 13.4. The van der Waals surface area contributed by atoms with Crippen LogP contribution in [0, 0.1) is 10.8 Å². The molecule has 0 saturated heterocycles. The highest BCUT2D eigenvalue weighted by atomic mass is 79.9. The Hall–Kier alpha value is -2.22. The zero-order chi connectivity index (χ0) is 29.5. The third-order valence-electron chi connectivity index (χ3n) is 8.35. The molecule has 218 valence electrons. The van der Waals surface area contributed by atoms with Crippen LogP contribution in [0.4, 0.5) is 0 Å². The summed E-state index contributed by atoms with van der Waals surface area (Å²) in [6, 6.07) is 14.1. The highest BCUT2D eigenvalue weighted by Gasteiger charge is 2.48. The summed E-state index contributed by atoms with van der Waals surface area (Å²) in [7, 11) is 1.71. The number of ether oxygens (including phenoxy) is 2. The number of carbonyl (C=O) groups is 2. The first kappa shape index (κ1) is 30.2. The Morgan fingerprint density at radius 1 is 0.854 bits per heavy atom. The van der Waals surface area contributed by atoms with E-state index in [-0.39, 0.29) is 28.3 Å². The highest BCUT2D eigenvalue weighted by molar-refractivity contribution is 9.10. The van der Waals surface area contributed by atoms with Crippen LogP contribution in [0.1, 0.15) is 76.8 Å².